The number of ether oxygens (including phenoxy) is 4. The minimum Gasteiger partial charge on any atom is -0.463 e. The summed E-state index contributed by atoms with van der Waals surface area (Å²) in [7, 11) is 0. The van der Waals surface area contributed by atoms with Crippen LogP contribution in [0.5, 0.6) is 0 Å². The molecule has 1 saturated heterocycles. The van der Waals surface area contributed by atoms with E-state index in [-0.39, 0.29) is 25.9 Å². The summed E-state index contributed by atoms with van der Waals surface area (Å²) in [4.78, 5) is 47.8. The number of rotatable bonds is 11. The third-order valence-corrected chi connectivity index (χ3v) is 4.34. The first-order valence-electron chi connectivity index (χ1n) is 10.4. The molecule has 2 N–H and O–H groups in total. The number of carbonyl (C=O) groups excluding carboxylic acids is 4. The number of carbonyl (C=O) groups is 4. The molecule has 0 saturated carbocycles. The highest BCUT2D eigenvalue weighted by atomic mass is 16.7. The summed E-state index contributed by atoms with van der Waals surface area (Å²) in [6, 6.07) is -1.16. The molecule has 0 aromatic rings. The van der Waals surface area contributed by atoms with Crippen LogP contribution in [0.1, 0.15) is 66.2 Å². The number of amides is 1. The highest BCUT2D eigenvalue weighted by molar-refractivity contribution is 5.74. The van der Waals surface area contributed by atoms with Crippen molar-refractivity contribution in [2.24, 2.45) is 0 Å². The maximum Gasteiger partial charge on any atom is 0.306 e. The molecule has 10 nitrogen and oxygen atoms in total. The zero-order valence-corrected chi connectivity index (χ0v) is 18.0. The second-order valence-electron chi connectivity index (χ2n) is 7.13. The Morgan fingerprint density at radius 3 is 1.87 bits per heavy atom. The summed E-state index contributed by atoms with van der Waals surface area (Å²) in [6.07, 6.45) is -2.99. The average Bonchev–Trinajstić information content (AvgIpc) is 2.65. The van der Waals surface area contributed by atoms with Crippen LogP contribution in [0.3, 0.4) is 0 Å². The van der Waals surface area contributed by atoms with Gasteiger partial charge < -0.3 is 29.4 Å². The Labute approximate surface area is 176 Å². The molecule has 0 bridgehead atoms. The van der Waals surface area contributed by atoms with E-state index in [1.165, 1.54) is 6.92 Å². The summed E-state index contributed by atoms with van der Waals surface area (Å²) < 4.78 is 21.6. The number of nitrogens with one attached hydrogen (secondary N) is 1. The lowest BCUT2D eigenvalue weighted by molar-refractivity contribution is -0.265. The summed E-state index contributed by atoms with van der Waals surface area (Å²) in [5.74, 6) is -2.11. The van der Waals surface area contributed by atoms with Gasteiger partial charge in [0, 0.05) is 26.2 Å². The number of aliphatic hydroxyl groups is 1. The Morgan fingerprint density at radius 1 is 0.867 bits per heavy atom. The molecule has 0 unspecified atom stereocenters. The fourth-order valence-electron chi connectivity index (χ4n) is 3.01. The van der Waals surface area contributed by atoms with E-state index in [1.54, 1.807) is 13.8 Å². The highest BCUT2D eigenvalue weighted by Gasteiger charge is 2.50. The number of aliphatic hydroxyl groups excluding tert-OH is 1. The van der Waals surface area contributed by atoms with Gasteiger partial charge in [0.25, 0.3) is 0 Å². The van der Waals surface area contributed by atoms with Crippen LogP contribution in [0.4, 0.5) is 0 Å². The first-order chi connectivity index (χ1) is 14.2. The van der Waals surface area contributed by atoms with E-state index in [1.807, 2.05) is 6.92 Å². The minimum absolute atomic E-state index is 0.103. The molecule has 172 valence electrons. The molecule has 0 aromatic carbocycles. The Morgan fingerprint density at radius 2 is 1.37 bits per heavy atom. The van der Waals surface area contributed by atoms with Crippen LogP contribution in [-0.4, -0.2) is 66.2 Å². The largest absolute Gasteiger partial charge is 0.463 e. The van der Waals surface area contributed by atoms with E-state index in [0.717, 1.165) is 0 Å². The predicted octanol–water partition coefficient (Wildman–Crippen LogP) is 0.975. The molecule has 1 aliphatic heterocycles. The van der Waals surface area contributed by atoms with Gasteiger partial charge in [0.15, 0.2) is 18.5 Å². The first kappa shape index (κ1) is 25.8. The number of esters is 3. The minimum atomic E-state index is -1.57. The monoisotopic (exact) mass is 431 g/mol. The molecule has 10 heteroatoms. The lowest BCUT2D eigenvalue weighted by atomic mass is 9.96. The van der Waals surface area contributed by atoms with Gasteiger partial charge in [-0.1, -0.05) is 20.8 Å². The van der Waals surface area contributed by atoms with E-state index in [4.69, 9.17) is 18.9 Å². The van der Waals surface area contributed by atoms with E-state index in [9.17, 15) is 24.3 Å². The Kier molecular flexibility index (Phi) is 11.3. The lowest BCUT2D eigenvalue weighted by Crippen LogP contribution is -2.66. The molecule has 0 spiro atoms. The maximum absolute atomic E-state index is 12.2. The van der Waals surface area contributed by atoms with Crippen LogP contribution < -0.4 is 5.32 Å². The van der Waals surface area contributed by atoms with Crippen LogP contribution in [0.25, 0.3) is 0 Å². The van der Waals surface area contributed by atoms with Gasteiger partial charge in [-0.15, -0.1) is 0 Å². The highest BCUT2D eigenvalue weighted by Crippen LogP contribution is 2.27. The van der Waals surface area contributed by atoms with Gasteiger partial charge in [-0.2, -0.15) is 0 Å². The van der Waals surface area contributed by atoms with Crippen LogP contribution in [-0.2, 0) is 38.1 Å². The van der Waals surface area contributed by atoms with Gasteiger partial charge in [-0.3, -0.25) is 19.2 Å². The SMILES string of the molecule is CCCC(=O)OC[C@H]1O[C@H](O)[C@H](NC(C)=O)[C@@H](OC(=O)CCC)[C@@H]1OC(=O)CCC. The van der Waals surface area contributed by atoms with E-state index >= 15 is 0 Å². The summed E-state index contributed by atoms with van der Waals surface area (Å²) in [5.41, 5.74) is 0. The number of hydrogen-bond donors (Lipinski definition) is 2. The summed E-state index contributed by atoms with van der Waals surface area (Å²) in [6.45, 7) is 6.33. The van der Waals surface area contributed by atoms with Crippen molar-refractivity contribution in [3.63, 3.8) is 0 Å². The van der Waals surface area contributed by atoms with Crippen molar-refractivity contribution in [1.29, 1.82) is 0 Å². The molecule has 5 atom stereocenters. The zero-order valence-electron chi connectivity index (χ0n) is 18.0. The van der Waals surface area contributed by atoms with E-state index in [0.29, 0.717) is 19.3 Å². The van der Waals surface area contributed by atoms with Gasteiger partial charge in [0.1, 0.15) is 18.8 Å². The van der Waals surface area contributed by atoms with E-state index in [2.05, 4.69) is 5.32 Å². The van der Waals surface area contributed by atoms with Crippen molar-refractivity contribution in [3.8, 4) is 0 Å². The molecule has 1 amide bonds. The van der Waals surface area contributed by atoms with Crippen molar-refractivity contribution in [3.05, 3.63) is 0 Å². The second-order valence-corrected chi connectivity index (χ2v) is 7.13. The fourth-order valence-corrected chi connectivity index (χ4v) is 3.01. The smallest absolute Gasteiger partial charge is 0.306 e. The van der Waals surface area contributed by atoms with Gasteiger partial charge in [-0.25, -0.2) is 0 Å². The fraction of sp³-hybridized carbons (Fsp3) is 0.800. The Hall–Kier alpha value is -2.20. The second kappa shape index (κ2) is 13.2. The molecule has 0 aliphatic carbocycles. The average molecular weight is 431 g/mol. The molecular weight excluding hydrogens is 398 g/mol. The van der Waals surface area contributed by atoms with Crippen LogP contribution in [0.2, 0.25) is 0 Å². The first-order valence-corrected chi connectivity index (χ1v) is 10.4. The quantitative estimate of drug-likeness (QED) is 0.362. The summed E-state index contributed by atoms with van der Waals surface area (Å²) >= 11 is 0. The molecule has 1 heterocycles. The molecule has 30 heavy (non-hydrogen) atoms. The lowest BCUT2D eigenvalue weighted by Gasteiger charge is -2.43. The normalized spacial score (nSPS) is 25.8. The van der Waals surface area contributed by atoms with Crippen molar-refractivity contribution < 1.29 is 43.2 Å². The summed E-state index contributed by atoms with van der Waals surface area (Å²) in [5, 5.41) is 12.9. The molecule has 0 radical (unpaired) electrons. The van der Waals surface area contributed by atoms with Gasteiger partial charge in [0.05, 0.1) is 0 Å². The molecule has 1 aliphatic rings. The topological polar surface area (TPSA) is 137 Å². The Bertz CT molecular complexity index is 595. The Balaban J connectivity index is 3.15. The van der Waals surface area contributed by atoms with Gasteiger partial charge in [-0.05, 0) is 19.3 Å². The van der Waals surface area contributed by atoms with Crippen LogP contribution >= 0.6 is 0 Å². The zero-order chi connectivity index (χ0) is 22.7. The van der Waals surface area contributed by atoms with Crippen LogP contribution in [0.15, 0.2) is 0 Å². The molecule has 1 fully saturated rings. The molecule has 0 aromatic heterocycles. The van der Waals surface area contributed by atoms with Crippen LogP contribution in [0, 0.1) is 0 Å². The third-order valence-electron chi connectivity index (χ3n) is 4.34. The maximum atomic E-state index is 12.2. The molecular formula is C20H33NO9. The van der Waals surface area contributed by atoms with Crippen molar-refractivity contribution in [2.75, 3.05) is 6.61 Å². The number of hydrogen-bond acceptors (Lipinski definition) is 9. The standard InChI is InChI=1S/C20H33NO9/c1-5-8-14(23)27-11-13-18(29-15(24)9-6-2)19(30-16(25)10-7-3)17(20(26)28-13)21-12(4)22/h13,17-20,26H,5-11H2,1-4H3,(H,21,22)/t13-,17-,18-,19-,20+/m1/s1. The third kappa shape index (κ3) is 8.27. The van der Waals surface area contributed by atoms with E-state index < -0.39 is 54.5 Å². The van der Waals surface area contributed by atoms with Crippen molar-refractivity contribution in [1.82, 2.24) is 5.32 Å². The molecule has 1 rings (SSSR count). The predicted molar refractivity (Wildman–Crippen MR) is 104 cm³/mol. The van der Waals surface area contributed by atoms with Crippen molar-refractivity contribution >= 4 is 23.8 Å². The van der Waals surface area contributed by atoms with Crippen molar-refractivity contribution in [2.45, 2.75) is 96.9 Å². The van der Waals surface area contributed by atoms with Gasteiger partial charge >= 0.3 is 17.9 Å². The van der Waals surface area contributed by atoms with Gasteiger partial charge in [0.2, 0.25) is 5.91 Å².